The number of fused-ring (bicyclic) bond motifs is 1. The fourth-order valence-corrected chi connectivity index (χ4v) is 1.57. The normalized spacial score (nSPS) is 11.2. The van der Waals surface area contributed by atoms with Gasteiger partial charge in [-0.15, -0.1) is 0 Å². The molecule has 2 aromatic rings. The van der Waals surface area contributed by atoms with Crippen LogP contribution in [0.15, 0.2) is 24.5 Å². The predicted molar refractivity (Wildman–Crippen MR) is 59.5 cm³/mol. The molecule has 2 aromatic heterocycles. The fraction of sp³-hybridized carbons (Fsp3) is 0.273. The molecule has 5 heteroatoms. The highest BCUT2D eigenvalue weighted by Crippen LogP contribution is 2.09. The zero-order valence-corrected chi connectivity index (χ0v) is 9.21. The molecule has 0 aliphatic rings. The molecule has 84 valence electrons. The molecular formula is C11H13N3O2. The van der Waals surface area contributed by atoms with Crippen LogP contribution in [0.5, 0.6) is 0 Å². The summed E-state index contributed by atoms with van der Waals surface area (Å²) in [7, 11) is 3.93. The summed E-state index contributed by atoms with van der Waals surface area (Å²) in [6.45, 7) is 0.740. The molecule has 0 unspecified atom stereocenters. The number of hydrogen-bond donors (Lipinski definition) is 1. The Morgan fingerprint density at radius 3 is 2.94 bits per heavy atom. The van der Waals surface area contributed by atoms with Gasteiger partial charge in [0.2, 0.25) is 0 Å². The molecule has 1 N–H and O–H groups in total. The summed E-state index contributed by atoms with van der Waals surface area (Å²) in [6, 6.07) is 3.14. The summed E-state index contributed by atoms with van der Waals surface area (Å²) >= 11 is 0. The van der Waals surface area contributed by atoms with E-state index in [-0.39, 0.29) is 5.56 Å². The minimum atomic E-state index is -0.931. The Kier molecular flexibility index (Phi) is 2.62. The quantitative estimate of drug-likeness (QED) is 0.839. The lowest BCUT2D eigenvalue weighted by Gasteiger charge is -2.04. The maximum atomic E-state index is 10.8. The Hall–Kier alpha value is -1.88. The number of nitrogens with zero attached hydrogens (tertiary/aromatic N) is 3. The molecule has 0 fully saturated rings. The molecular weight excluding hydrogens is 206 g/mol. The first kappa shape index (κ1) is 10.6. The summed E-state index contributed by atoms with van der Waals surface area (Å²) in [5.41, 5.74) is 1.85. The van der Waals surface area contributed by atoms with Crippen molar-refractivity contribution in [1.82, 2.24) is 14.3 Å². The Morgan fingerprint density at radius 2 is 2.31 bits per heavy atom. The second-order valence-corrected chi connectivity index (χ2v) is 3.96. The zero-order valence-electron chi connectivity index (χ0n) is 9.21. The summed E-state index contributed by atoms with van der Waals surface area (Å²) < 4.78 is 1.82. The van der Waals surface area contributed by atoms with E-state index >= 15 is 0 Å². The molecule has 0 atom stereocenters. The van der Waals surface area contributed by atoms with Crippen LogP contribution in [0.4, 0.5) is 0 Å². The van der Waals surface area contributed by atoms with Crippen LogP contribution >= 0.6 is 0 Å². The molecule has 0 amide bonds. The van der Waals surface area contributed by atoms with Crippen molar-refractivity contribution in [3.8, 4) is 0 Å². The van der Waals surface area contributed by atoms with Crippen molar-refractivity contribution in [2.24, 2.45) is 0 Å². The zero-order chi connectivity index (χ0) is 11.7. The van der Waals surface area contributed by atoms with Gasteiger partial charge in [0.25, 0.3) is 0 Å². The van der Waals surface area contributed by atoms with E-state index in [1.807, 2.05) is 29.6 Å². The third-order valence-corrected chi connectivity index (χ3v) is 2.24. The van der Waals surface area contributed by atoms with Crippen molar-refractivity contribution in [3.05, 3.63) is 35.8 Å². The van der Waals surface area contributed by atoms with E-state index < -0.39 is 5.97 Å². The molecule has 16 heavy (non-hydrogen) atoms. The van der Waals surface area contributed by atoms with Crippen LogP contribution in [0.1, 0.15) is 16.1 Å². The maximum Gasteiger partial charge on any atom is 0.335 e. The van der Waals surface area contributed by atoms with Gasteiger partial charge in [-0.25, -0.2) is 9.78 Å². The van der Waals surface area contributed by atoms with E-state index in [9.17, 15) is 4.79 Å². The van der Waals surface area contributed by atoms with E-state index in [4.69, 9.17) is 5.11 Å². The minimum absolute atomic E-state index is 0.259. The lowest BCUT2D eigenvalue weighted by atomic mass is 10.3. The topological polar surface area (TPSA) is 57.8 Å². The molecule has 0 radical (unpaired) electrons. The van der Waals surface area contributed by atoms with E-state index in [0.717, 1.165) is 12.2 Å². The minimum Gasteiger partial charge on any atom is -0.478 e. The van der Waals surface area contributed by atoms with Crippen LogP contribution in [-0.4, -0.2) is 39.5 Å². The lowest BCUT2D eigenvalue weighted by Crippen LogP contribution is -2.10. The summed E-state index contributed by atoms with van der Waals surface area (Å²) in [6.07, 6.45) is 3.62. The predicted octanol–water partition coefficient (Wildman–Crippen LogP) is 1.09. The Labute approximate surface area is 92.9 Å². The van der Waals surface area contributed by atoms with Crippen molar-refractivity contribution in [2.45, 2.75) is 6.54 Å². The number of rotatable bonds is 3. The highest BCUT2D eigenvalue weighted by atomic mass is 16.4. The van der Waals surface area contributed by atoms with E-state index in [0.29, 0.717) is 5.65 Å². The van der Waals surface area contributed by atoms with Crippen LogP contribution in [0.25, 0.3) is 5.65 Å². The van der Waals surface area contributed by atoms with Crippen LogP contribution in [0.2, 0.25) is 0 Å². The van der Waals surface area contributed by atoms with Gasteiger partial charge in [-0.05, 0) is 26.2 Å². The first-order valence-electron chi connectivity index (χ1n) is 4.92. The highest BCUT2D eigenvalue weighted by molar-refractivity contribution is 5.88. The van der Waals surface area contributed by atoms with Gasteiger partial charge < -0.3 is 14.4 Å². The first-order valence-corrected chi connectivity index (χ1v) is 4.92. The smallest absolute Gasteiger partial charge is 0.335 e. The van der Waals surface area contributed by atoms with Crippen LogP contribution in [-0.2, 0) is 6.54 Å². The number of carbonyl (C=O) groups is 1. The van der Waals surface area contributed by atoms with Gasteiger partial charge in [-0.1, -0.05) is 0 Å². The Bertz CT molecular complexity index is 531. The SMILES string of the molecule is CN(C)Cc1cn2ccc(C(=O)O)cc2n1. The molecule has 2 heterocycles. The van der Waals surface area contributed by atoms with Crippen molar-refractivity contribution < 1.29 is 9.90 Å². The van der Waals surface area contributed by atoms with Crippen molar-refractivity contribution in [1.29, 1.82) is 0 Å². The number of imidazole rings is 1. The Morgan fingerprint density at radius 1 is 1.56 bits per heavy atom. The molecule has 5 nitrogen and oxygen atoms in total. The largest absolute Gasteiger partial charge is 0.478 e. The number of carboxylic acids is 1. The molecule has 0 spiro atoms. The van der Waals surface area contributed by atoms with E-state index in [2.05, 4.69) is 4.98 Å². The Balaban J connectivity index is 2.42. The lowest BCUT2D eigenvalue weighted by molar-refractivity contribution is 0.0697. The number of aromatic carboxylic acids is 1. The van der Waals surface area contributed by atoms with Crippen molar-refractivity contribution in [2.75, 3.05) is 14.1 Å². The van der Waals surface area contributed by atoms with Gasteiger partial charge in [-0.2, -0.15) is 0 Å². The third-order valence-electron chi connectivity index (χ3n) is 2.24. The van der Waals surface area contributed by atoms with Gasteiger partial charge in [-0.3, -0.25) is 0 Å². The number of pyridine rings is 1. The number of hydrogen-bond acceptors (Lipinski definition) is 3. The fourth-order valence-electron chi connectivity index (χ4n) is 1.57. The maximum absolute atomic E-state index is 10.8. The third kappa shape index (κ3) is 2.04. The summed E-state index contributed by atoms with van der Waals surface area (Å²) in [5, 5.41) is 8.85. The van der Waals surface area contributed by atoms with Crippen LogP contribution in [0.3, 0.4) is 0 Å². The van der Waals surface area contributed by atoms with Crippen LogP contribution in [0, 0.1) is 0 Å². The summed E-state index contributed by atoms with van der Waals surface area (Å²) in [4.78, 5) is 17.2. The molecule has 2 rings (SSSR count). The van der Waals surface area contributed by atoms with E-state index in [1.54, 1.807) is 18.3 Å². The molecule has 0 aliphatic heterocycles. The van der Waals surface area contributed by atoms with Gasteiger partial charge >= 0.3 is 5.97 Å². The second-order valence-electron chi connectivity index (χ2n) is 3.96. The van der Waals surface area contributed by atoms with Gasteiger partial charge in [0.1, 0.15) is 5.65 Å². The molecule has 0 aliphatic carbocycles. The van der Waals surface area contributed by atoms with E-state index in [1.165, 1.54) is 0 Å². The van der Waals surface area contributed by atoms with Gasteiger partial charge in [0.05, 0.1) is 11.3 Å². The van der Waals surface area contributed by atoms with Gasteiger partial charge in [0.15, 0.2) is 0 Å². The number of carboxylic acid groups (broad SMARTS) is 1. The second kappa shape index (κ2) is 3.94. The monoisotopic (exact) mass is 219 g/mol. The summed E-state index contributed by atoms with van der Waals surface area (Å²) in [5.74, 6) is -0.931. The average Bonchev–Trinajstić information content (AvgIpc) is 2.56. The molecule has 0 bridgehead atoms. The van der Waals surface area contributed by atoms with Crippen molar-refractivity contribution >= 4 is 11.6 Å². The van der Waals surface area contributed by atoms with Gasteiger partial charge in [0, 0.05) is 18.9 Å². The first-order chi connectivity index (χ1) is 7.56. The molecule has 0 saturated heterocycles. The number of aromatic nitrogens is 2. The highest BCUT2D eigenvalue weighted by Gasteiger charge is 2.06. The molecule has 0 saturated carbocycles. The standard InChI is InChI=1S/C11H13N3O2/c1-13(2)6-9-7-14-4-3-8(11(15)16)5-10(14)12-9/h3-5,7H,6H2,1-2H3,(H,15,16). The van der Waals surface area contributed by atoms with Crippen molar-refractivity contribution in [3.63, 3.8) is 0 Å². The van der Waals surface area contributed by atoms with Crippen LogP contribution < -0.4 is 0 Å². The molecule has 0 aromatic carbocycles. The average molecular weight is 219 g/mol.